The van der Waals surface area contributed by atoms with Gasteiger partial charge in [0.25, 0.3) is 11.8 Å². The molecule has 5 atom stereocenters. The third kappa shape index (κ3) is 6.84. The number of anilines is 3. The van der Waals surface area contributed by atoms with Gasteiger partial charge in [-0.25, -0.2) is 0 Å². The minimum atomic E-state index is -3.42. The minimum absolute atomic E-state index is 0.102. The van der Waals surface area contributed by atoms with Crippen LogP contribution in [0.2, 0.25) is 23.7 Å². The van der Waals surface area contributed by atoms with Gasteiger partial charge in [-0.1, -0.05) is 84.4 Å². The summed E-state index contributed by atoms with van der Waals surface area (Å²) in [5.41, 5.74) is 3.10. The molecule has 0 aliphatic carbocycles. The Balaban J connectivity index is 0.963. The summed E-state index contributed by atoms with van der Waals surface area (Å²) in [5, 5.41) is 22.8. The third-order valence-electron chi connectivity index (χ3n) is 13.4. The Labute approximate surface area is 356 Å². The van der Waals surface area contributed by atoms with Crippen LogP contribution >= 0.6 is 11.6 Å². The number of piperidine rings is 1. The monoisotopic (exact) mass is 847 g/mol. The molecule has 0 saturated carbocycles. The van der Waals surface area contributed by atoms with Gasteiger partial charge in [0.15, 0.2) is 5.60 Å². The highest BCUT2D eigenvalue weighted by atomic mass is 35.5. The van der Waals surface area contributed by atoms with Crippen LogP contribution in [-0.2, 0) is 33.0 Å². The second kappa shape index (κ2) is 15.8. The normalized spacial score (nSPS) is 24.2. The van der Waals surface area contributed by atoms with Crippen molar-refractivity contribution in [2.24, 2.45) is 5.92 Å². The van der Waals surface area contributed by atoms with Gasteiger partial charge in [-0.05, 0) is 99.0 Å². The number of aromatic nitrogens is 3. The Kier molecular flexibility index (Phi) is 10.7. The van der Waals surface area contributed by atoms with Crippen LogP contribution in [0.25, 0.3) is 0 Å². The quantitative estimate of drug-likeness (QED) is 0.105. The van der Waals surface area contributed by atoms with E-state index in [1.54, 1.807) is 34.8 Å². The van der Waals surface area contributed by atoms with E-state index in [-0.39, 0.29) is 30.9 Å². The molecular formula is C46H51ClFN7O4Si. The average molecular weight is 848 g/mol. The van der Waals surface area contributed by atoms with Crippen LogP contribution in [-0.4, -0.2) is 78.3 Å². The van der Waals surface area contributed by atoms with Gasteiger partial charge in [0.1, 0.15) is 5.54 Å². The zero-order valence-electron chi connectivity index (χ0n) is 34.2. The van der Waals surface area contributed by atoms with Crippen molar-refractivity contribution < 1.29 is 23.5 Å². The van der Waals surface area contributed by atoms with E-state index in [1.165, 1.54) is 0 Å². The van der Waals surface area contributed by atoms with Crippen molar-refractivity contribution in [1.29, 1.82) is 0 Å². The molecular weight excluding hydrogens is 797 g/mol. The van der Waals surface area contributed by atoms with Gasteiger partial charge >= 0.3 is 0 Å². The number of hydrogen-bond acceptors (Lipinski definition) is 8. The summed E-state index contributed by atoms with van der Waals surface area (Å²) in [6.45, 7) is 7.86. The highest BCUT2D eigenvalue weighted by molar-refractivity contribution is 6.72. The van der Waals surface area contributed by atoms with Gasteiger partial charge in [-0.2, -0.15) is 0 Å². The lowest BCUT2D eigenvalue weighted by molar-refractivity contribution is -0.146. The Bertz CT molecular complexity index is 2360. The summed E-state index contributed by atoms with van der Waals surface area (Å²) >= 11 is 6.64. The fourth-order valence-corrected chi connectivity index (χ4v) is 13.2. The topological polar surface area (TPSA) is 116 Å². The fourth-order valence-electron chi connectivity index (χ4n) is 10.5. The number of benzene rings is 4. The number of nitrogens with one attached hydrogen (secondary N) is 1. The number of ether oxygens (including phenoxy) is 1. The van der Waals surface area contributed by atoms with Gasteiger partial charge in [-0.3, -0.25) is 19.2 Å². The molecule has 3 saturated heterocycles. The summed E-state index contributed by atoms with van der Waals surface area (Å²) in [5.74, 6) is -0.940. The number of halogens is 2. The fraction of sp³-hybridized carbons (Fsp3) is 0.391. The Hall–Kier alpha value is -4.92. The number of aryl methyl sites for hydroxylation is 1. The molecule has 2 N–H and O–H groups in total. The van der Waals surface area contributed by atoms with Crippen LogP contribution in [0.1, 0.15) is 54.5 Å². The van der Waals surface area contributed by atoms with E-state index in [0.29, 0.717) is 41.6 Å². The zero-order valence-corrected chi connectivity index (χ0v) is 35.9. The van der Waals surface area contributed by atoms with Crippen LogP contribution in [0, 0.1) is 5.92 Å². The summed E-state index contributed by atoms with van der Waals surface area (Å²) in [6.07, 6.45) is 3.11. The van der Waals surface area contributed by atoms with E-state index in [0.717, 1.165) is 48.4 Å². The Morgan fingerprint density at radius 2 is 1.65 bits per heavy atom. The van der Waals surface area contributed by atoms with E-state index in [4.69, 9.17) is 16.3 Å². The standard InChI is InChI=1S/C46H51ClFN7O4Si/c1-31-42(60(2,3)48)41(20-25-52-28-39(50-51-52)37(29-56)33-10-6-4-7-11-33)59-46(31)38-26-34(47)16-19-40(38)53(44(46)58)27-32-14-17-35(18-15-32)54-30-55(36-12-8-5-9-13-36)45(43(54)57)21-23-49-24-22-45/h4-19,26,28,31,37,41-42,49,56H,20-25,27,29-30H2,1-3H3/t31-,37?,41+,42-,46+/m0/s1. The number of rotatable bonds is 11. The number of carbonyl (C=O) groups excluding carboxylic acids is 2. The lowest BCUT2D eigenvalue weighted by Crippen LogP contribution is -2.55. The van der Waals surface area contributed by atoms with E-state index < -0.39 is 37.1 Å². The van der Waals surface area contributed by atoms with Gasteiger partial charge in [0, 0.05) is 46.2 Å². The van der Waals surface area contributed by atoms with Crippen LogP contribution in [0.4, 0.5) is 21.2 Å². The van der Waals surface area contributed by atoms with Crippen molar-refractivity contribution in [2.75, 3.05) is 41.1 Å². The van der Waals surface area contributed by atoms with Crippen LogP contribution < -0.4 is 20.0 Å². The molecule has 312 valence electrons. The minimum Gasteiger partial charge on any atom is -0.395 e. The first kappa shape index (κ1) is 40.5. The molecule has 1 aromatic heterocycles. The average Bonchev–Trinajstić information content (AvgIpc) is 3.98. The molecule has 4 aliphatic rings. The first-order valence-corrected chi connectivity index (χ1v) is 24.3. The van der Waals surface area contributed by atoms with Gasteiger partial charge < -0.3 is 29.1 Å². The highest BCUT2D eigenvalue weighted by Crippen LogP contribution is 2.60. The number of carbonyl (C=O) groups is 2. The molecule has 14 heteroatoms. The molecule has 0 radical (unpaired) electrons. The largest absolute Gasteiger partial charge is 0.395 e. The van der Waals surface area contributed by atoms with Crippen LogP contribution in [0.15, 0.2) is 109 Å². The smallest absolute Gasteiger partial charge is 0.264 e. The molecule has 2 spiro atoms. The van der Waals surface area contributed by atoms with E-state index in [2.05, 4.69) is 32.7 Å². The van der Waals surface area contributed by atoms with Crippen molar-refractivity contribution in [3.63, 3.8) is 0 Å². The maximum atomic E-state index is 16.6. The Morgan fingerprint density at radius 1 is 0.950 bits per heavy atom. The molecule has 5 aromatic rings. The summed E-state index contributed by atoms with van der Waals surface area (Å²) in [7, 11) is -3.42. The maximum Gasteiger partial charge on any atom is 0.264 e. The summed E-state index contributed by atoms with van der Waals surface area (Å²) < 4.78 is 25.3. The van der Waals surface area contributed by atoms with Crippen LogP contribution in [0.5, 0.6) is 0 Å². The number of aliphatic hydroxyl groups is 1. The maximum absolute atomic E-state index is 16.6. The first-order valence-electron chi connectivity index (χ1n) is 20.9. The molecule has 9 rings (SSSR count). The van der Waals surface area contributed by atoms with Gasteiger partial charge in [0.05, 0.1) is 43.2 Å². The van der Waals surface area contributed by atoms with E-state index in [1.807, 2.05) is 96.9 Å². The van der Waals surface area contributed by atoms with Gasteiger partial charge in [-0.15, -0.1) is 5.10 Å². The summed E-state index contributed by atoms with van der Waals surface area (Å²) in [4.78, 5) is 35.2. The number of amides is 2. The highest BCUT2D eigenvalue weighted by Gasteiger charge is 2.66. The molecule has 1 unspecified atom stereocenters. The lowest BCUT2D eigenvalue weighted by atomic mass is 9.82. The van der Waals surface area contributed by atoms with Gasteiger partial charge in [0.2, 0.25) is 8.41 Å². The molecule has 0 bridgehead atoms. The SMILES string of the molecule is C[C@H]1[C@H]([Si](C)(C)F)[C@@H](CCn2cc(C(CO)c3ccccc3)nn2)O[C@]12C(=O)N(Cc1ccc(N3CN(c4ccccc4)C4(CCNCC4)C3=O)cc1)c1ccc(Cl)cc12. The van der Waals surface area contributed by atoms with Crippen molar-refractivity contribution in [3.8, 4) is 0 Å². The van der Waals surface area contributed by atoms with Crippen molar-refractivity contribution in [2.45, 2.75) is 81.1 Å². The molecule has 5 heterocycles. The predicted molar refractivity (Wildman–Crippen MR) is 233 cm³/mol. The van der Waals surface area contributed by atoms with Crippen molar-refractivity contribution >= 4 is 48.9 Å². The second-order valence-electron chi connectivity index (χ2n) is 17.3. The second-order valence-corrected chi connectivity index (χ2v) is 21.5. The summed E-state index contributed by atoms with van der Waals surface area (Å²) in [6, 6.07) is 33.1. The third-order valence-corrected chi connectivity index (χ3v) is 16.1. The predicted octanol–water partition coefficient (Wildman–Crippen LogP) is 7.40. The Morgan fingerprint density at radius 3 is 2.33 bits per heavy atom. The number of fused-ring (bicyclic) bond motifs is 2. The molecule has 4 aromatic carbocycles. The lowest BCUT2D eigenvalue weighted by Gasteiger charge is -2.39. The number of para-hydroxylation sites is 1. The van der Waals surface area contributed by atoms with E-state index >= 15 is 8.90 Å². The molecule has 4 aliphatic heterocycles. The number of aliphatic hydroxyl groups excluding tert-OH is 1. The van der Waals surface area contributed by atoms with E-state index in [9.17, 15) is 9.90 Å². The first-order chi connectivity index (χ1) is 28.9. The molecule has 2 amide bonds. The van der Waals surface area contributed by atoms with Crippen molar-refractivity contribution in [3.05, 3.63) is 137 Å². The number of nitrogens with zero attached hydrogens (tertiary/aromatic N) is 6. The number of hydrogen-bond donors (Lipinski definition) is 2. The van der Waals surface area contributed by atoms with Crippen LogP contribution in [0.3, 0.4) is 0 Å². The zero-order chi connectivity index (χ0) is 41.8. The van der Waals surface area contributed by atoms with Crippen molar-refractivity contribution in [1.82, 2.24) is 20.3 Å². The molecule has 3 fully saturated rings. The molecule has 60 heavy (non-hydrogen) atoms. The molecule has 11 nitrogen and oxygen atoms in total.